The van der Waals surface area contributed by atoms with E-state index >= 15 is 0 Å². The van der Waals surface area contributed by atoms with Crippen LogP contribution >= 0.6 is 15.9 Å². The van der Waals surface area contributed by atoms with Crippen LogP contribution in [0.4, 0.5) is 0 Å². The highest BCUT2D eigenvalue weighted by atomic mass is 79.9. The van der Waals surface area contributed by atoms with E-state index in [2.05, 4.69) is 52.0 Å². The minimum atomic E-state index is 0.617. The Morgan fingerprint density at radius 3 is 2.63 bits per heavy atom. The van der Waals surface area contributed by atoms with E-state index in [1.807, 2.05) is 0 Å². The van der Waals surface area contributed by atoms with Crippen LogP contribution < -0.4 is 5.32 Å². The van der Waals surface area contributed by atoms with E-state index in [-0.39, 0.29) is 0 Å². The summed E-state index contributed by atoms with van der Waals surface area (Å²) >= 11 is 3.74. The van der Waals surface area contributed by atoms with Crippen LogP contribution in [0.2, 0.25) is 0 Å². The summed E-state index contributed by atoms with van der Waals surface area (Å²) in [6.45, 7) is 2.16. The molecule has 1 aromatic heterocycles. The van der Waals surface area contributed by atoms with Gasteiger partial charge in [-0.15, -0.1) is 0 Å². The van der Waals surface area contributed by atoms with E-state index in [0.717, 1.165) is 30.6 Å². The van der Waals surface area contributed by atoms with E-state index in [9.17, 15) is 0 Å². The largest absolute Gasteiger partial charge is 0.316 e. The smallest absolute Gasteiger partial charge is 0.0766 e. The van der Waals surface area contributed by atoms with Crippen molar-refractivity contribution in [1.82, 2.24) is 15.1 Å². The predicted molar refractivity (Wildman–Crippen MR) is 81.2 cm³/mol. The SMILES string of the molecule is CCc1nn(C)c(CC(NC)C2C3CCCC32)c1Br. The van der Waals surface area contributed by atoms with Crippen molar-refractivity contribution in [3.05, 3.63) is 15.9 Å². The maximum absolute atomic E-state index is 4.61. The van der Waals surface area contributed by atoms with Crippen LogP contribution in [-0.4, -0.2) is 22.9 Å². The lowest BCUT2D eigenvalue weighted by Crippen LogP contribution is -2.32. The maximum Gasteiger partial charge on any atom is 0.0766 e. The number of nitrogens with zero attached hydrogens (tertiary/aromatic N) is 2. The Morgan fingerprint density at radius 2 is 2.11 bits per heavy atom. The first-order chi connectivity index (χ1) is 9.17. The lowest BCUT2D eigenvalue weighted by atomic mass is 9.99. The molecule has 19 heavy (non-hydrogen) atoms. The van der Waals surface area contributed by atoms with E-state index < -0.39 is 0 Å². The summed E-state index contributed by atoms with van der Waals surface area (Å²) in [4.78, 5) is 0. The molecule has 1 heterocycles. The molecule has 1 aromatic rings. The Balaban J connectivity index is 1.74. The van der Waals surface area contributed by atoms with Crippen molar-refractivity contribution in [1.29, 1.82) is 0 Å². The molecule has 2 aliphatic rings. The zero-order chi connectivity index (χ0) is 13.6. The molecule has 0 radical (unpaired) electrons. The average Bonchev–Trinajstić information content (AvgIpc) is 2.78. The molecule has 0 amide bonds. The average molecular weight is 326 g/mol. The van der Waals surface area contributed by atoms with Crippen molar-refractivity contribution in [2.75, 3.05) is 7.05 Å². The van der Waals surface area contributed by atoms with Gasteiger partial charge in [-0.05, 0) is 60.0 Å². The fourth-order valence-electron chi connectivity index (χ4n) is 4.15. The van der Waals surface area contributed by atoms with Crippen molar-refractivity contribution in [3.8, 4) is 0 Å². The number of likely N-dealkylation sites (N-methyl/N-ethyl adjacent to an activating group) is 1. The molecule has 2 aliphatic carbocycles. The monoisotopic (exact) mass is 325 g/mol. The van der Waals surface area contributed by atoms with Gasteiger partial charge in [0.1, 0.15) is 0 Å². The van der Waals surface area contributed by atoms with Gasteiger partial charge < -0.3 is 5.32 Å². The van der Waals surface area contributed by atoms with Gasteiger partial charge in [0.2, 0.25) is 0 Å². The third kappa shape index (κ3) is 2.27. The zero-order valence-electron chi connectivity index (χ0n) is 12.1. The Hall–Kier alpha value is -0.350. The number of hydrogen-bond acceptors (Lipinski definition) is 2. The normalized spacial score (nSPS) is 30.4. The van der Waals surface area contributed by atoms with Crippen LogP contribution in [-0.2, 0) is 19.9 Å². The number of aryl methyl sites for hydroxylation is 2. The third-order valence-corrected chi connectivity index (χ3v) is 6.14. The fraction of sp³-hybridized carbons (Fsp3) is 0.800. The molecule has 3 rings (SSSR count). The number of fused-ring (bicyclic) bond motifs is 1. The number of rotatable bonds is 5. The first-order valence-corrected chi connectivity index (χ1v) is 8.34. The second kappa shape index (κ2) is 5.21. The maximum atomic E-state index is 4.61. The lowest BCUT2D eigenvalue weighted by Gasteiger charge is -2.18. The summed E-state index contributed by atoms with van der Waals surface area (Å²) in [6, 6.07) is 0.617. The molecule has 3 nitrogen and oxygen atoms in total. The summed E-state index contributed by atoms with van der Waals surface area (Å²) in [5.41, 5.74) is 2.53. The molecule has 1 N–H and O–H groups in total. The standard InChI is InChI=1S/C15H24BrN3/c1-4-11-15(16)13(19(3)18-11)8-12(17-2)14-9-6-5-7-10(9)14/h9-10,12,14,17H,4-8H2,1-3H3. The molecular weight excluding hydrogens is 302 g/mol. The van der Waals surface area contributed by atoms with Gasteiger partial charge in [-0.3, -0.25) is 4.68 Å². The Kier molecular flexibility index (Phi) is 3.73. The molecule has 2 fully saturated rings. The van der Waals surface area contributed by atoms with Crippen LogP contribution in [0.25, 0.3) is 0 Å². The molecule has 106 valence electrons. The molecule has 3 atom stereocenters. The Labute approximate surface area is 124 Å². The molecule has 0 bridgehead atoms. The highest BCUT2D eigenvalue weighted by Gasteiger charge is 2.55. The summed E-state index contributed by atoms with van der Waals surface area (Å²) < 4.78 is 3.29. The van der Waals surface area contributed by atoms with Crippen LogP contribution in [0, 0.1) is 17.8 Å². The molecule has 4 heteroatoms. The summed E-state index contributed by atoms with van der Waals surface area (Å²) in [7, 11) is 4.18. The van der Waals surface area contributed by atoms with Gasteiger partial charge in [-0.1, -0.05) is 13.3 Å². The first kappa shape index (κ1) is 13.6. The van der Waals surface area contributed by atoms with E-state index in [0.29, 0.717) is 6.04 Å². The molecule has 0 aliphatic heterocycles. The molecular formula is C15H24BrN3. The molecule has 0 saturated heterocycles. The number of hydrogen-bond donors (Lipinski definition) is 1. The number of halogens is 1. The van der Waals surface area contributed by atoms with Gasteiger partial charge in [0.25, 0.3) is 0 Å². The summed E-state index contributed by atoms with van der Waals surface area (Å²) in [5, 5.41) is 8.17. The van der Waals surface area contributed by atoms with E-state index in [4.69, 9.17) is 0 Å². The van der Waals surface area contributed by atoms with Crippen molar-refractivity contribution in [2.45, 2.75) is 45.1 Å². The van der Waals surface area contributed by atoms with Crippen LogP contribution in [0.1, 0.15) is 37.6 Å². The molecule has 2 saturated carbocycles. The van der Waals surface area contributed by atoms with Crippen LogP contribution in [0.15, 0.2) is 4.47 Å². The lowest BCUT2D eigenvalue weighted by molar-refractivity contribution is 0.419. The number of aromatic nitrogens is 2. The second-order valence-electron chi connectivity index (χ2n) is 6.12. The van der Waals surface area contributed by atoms with Crippen LogP contribution in [0.5, 0.6) is 0 Å². The molecule has 0 aromatic carbocycles. The quantitative estimate of drug-likeness (QED) is 0.902. The fourth-order valence-corrected chi connectivity index (χ4v) is 4.93. The zero-order valence-corrected chi connectivity index (χ0v) is 13.7. The highest BCUT2D eigenvalue weighted by molar-refractivity contribution is 9.10. The van der Waals surface area contributed by atoms with E-state index in [1.54, 1.807) is 0 Å². The first-order valence-electron chi connectivity index (χ1n) is 7.54. The van der Waals surface area contributed by atoms with Gasteiger partial charge in [0, 0.05) is 19.5 Å². The van der Waals surface area contributed by atoms with E-state index in [1.165, 1.54) is 35.1 Å². The Bertz CT molecular complexity index is 458. The van der Waals surface area contributed by atoms with Crippen molar-refractivity contribution < 1.29 is 0 Å². The Morgan fingerprint density at radius 1 is 1.42 bits per heavy atom. The van der Waals surface area contributed by atoms with Gasteiger partial charge >= 0.3 is 0 Å². The molecule has 0 spiro atoms. The highest BCUT2D eigenvalue weighted by Crippen LogP contribution is 2.59. The minimum absolute atomic E-state index is 0.617. The summed E-state index contributed by atoms with van der Waals surface area (Å²) in [6.07, 6.45) is 6.46. The second-order valence-corrected chi connectivity index (χ2v) is 6.91. The van der Waals surface area contributed by atoms with Gasteiger partial charge in [-0.2, -0.15) is 5.10 Å². The summed E-state index contributed by atoms with van der Waals surface area (Å²) in [5.74, 6) is 2.93. The minimum Gasteiger partial charge on any atom is -0.316 e. The topological polar surface area (TPSA) is 29.9 Å². The predicted octanol–water partition coefficient (Wildman–Crippen LogP) is 2.92. The molecule has 3 unspecified atom stereocenters. The number of nitrogens with one attached hydrogen (secondary N) is 1. The van der Waals surface area contributed by atoms with Gasteiger partial charge in [-0.25, -0.2) is 0 Å². The van der Waals surface area contributed by atoms with Crippen molar-refractivity contribution >= 4 is 15.9 Å². The van der Waals surface area contributed by atoms with Gasteiger partial charge in [0.05, 0.1) is 15.9 Å². The van der Waals surface area contributed by atoms with Crippen LogP contribution in [0.3, 0.4) is 0 Å². The third-order valence-electron chi connectivity index (χ3n) is 5.22. The van der Waals surface area contributed by atoms with Gasteiger partial charge in [0.15, 0.2) is 0 Å². The van der Waals surface area contributed by atoms with Crippen molar-refractivity contribution in [3.63, 3.8) is 0 Å². The van der Waals surface area contributed by atoms with Crippen molar-refractivity contribution in [2.24, 2.45) is 24.8 Å².